The van der Waals surface area contributed by atoms with Crippen LogP contribution in [0.2, 0.25) is 0 Å². The highest BCUT2D eigenvalue weighted by molar-refractivity contribution is 5.91. The molecular weight excluding hydrogens is 508 g/mol. The number of aromatic carboxylic acids is 1. The molecule has 0 saturated heterocycles. The number of rotatable bonds is 13. The second-order valence-electron chi connectivity index (χ2n) is 8.73. The zero-order chi connectivity index (χ0) is 28.9. The molecule has 3 N–H and O–H groups in total. The van der Waals surface area contributed by atoms with Gasteiger partial charge in [0, 0.05) is 23.6 Å². The number of para-hydroxylation sites is 1. The van der Waals surface area contributed by atoms with E-state index in [0.717, 1.165) is 36.1 Å². The summed E-state index contributed by atoms with van der Waals surface area (Å²) in [6, 6.07) is 15.7. The molecule has 4 rings (SSSR count). The molecule has 0 fully saturated rings. The summed E-state index contributed by atoms with van der Waals surface area (Å²) in [5.41, 5.74) is 3.42. The predicted octanol–water partition coefficient (Wildman–Crippen LogP) is 7.66. The lowest BCUT2D eigenvalue weighted by atomic mass is 10.0. The molecule has 1 aromatic heterocycles. The third-order valence-corrected chi connectivity index (χ3v) is 6.08. The molecule has 8 nitrogen and oxygen atoms in total. The van der Waals surface area contributed by atoms with E-state index in [4.69, 9.17) is 14.2 Å². The van der Waals surface area contributed by atoms with Crippen LogP contribution in [0.25, 0.3) is 11.3 Å². The third kappa shape index (κ3) is 7.56. The van der Waals surface area contributed by atoms with E-state index < -0.39 is 5.97 Å². The summed E-state index contributed by atoms with van der Waals surface area (Å²) in [5, 5.41) is 20.0. The van der Waals surface area contributed by atoms with Crippen molar-refractivity contribution in [3.63, 3.8) is 0 Å². The molecule has 0 spiro atoms. The minimum Gasteiger partial charge on any atom is -0.507 e. The topological polar surface area (TPSA) is 114 Å². The average Bonchev–Trinajstić information content (AvgIpc) is 3.50. The Labute approximate surface area is 235 Å². The average molecular weight is 547 g/mol. The molecule has 0 aliphatic heterocycles. The SMILES string of the molecule is CC.CCCc1c(OCCCOc2cc(O)c(-c3cnc[nH]3)cc2CC)cccc1Oc1ccccc1C(=O)O. The lowest BCUT2D eigenvalue weighted by Gasteiger charge is -2.17. The third-order valence-electron chi connectivity index (χ3n) is 6.08. The molecular formula is C32H38N2O6. The first kappa shape index (κ1) is 30.1. The molecule has 40 heavy (non-hydrogen) atoms. The van der Waals surface area contributed by atoms with Gasteiger partial charge >= 0.3 is 5.97 Å². The number of phenolic OH excluding ortho intramolecular Hbond substituents is 1. The number of H-pyrrole nitrogens is 1. The Hall–Kier alpha value is -4.46. The van der Waals surface area contributed by atoms with Crippen molar-refractivity contribution in [1.29, 1.82) is 0 Å². The quantitative estimate of drug-likeness (QED) is 0.147. The summed E-state index contributed by atoms with van der Waals surface area (Å²) in [6.07, 6.45) is 6.23. The number of hydrogen-bond acceptors (Lipinski definition) is 6. The lowest BCUT2D eigenvalue weighted by molar-refractivity contribution is 0.0694. The lowest BCUT2D eigenvalue weighted by Crippen LogP contribution is -2.08. The molecule has 0 aliphatic carbocycles. The van der Waals surface area contributed by atoms with E-state index in [-0.39, 0.29) is 17.1 Å². The number of phenols is 1. The fourth-order valence-corrected chi connectivity index (χ4v) is 4.19. The van der Waals surface area contributed by atoms with E-state index in [9.17, 15) is 15.0 Å². The van der Waals surface area contributed by atoms with Crippen molar-refractivity contribution in [3.8, 4) is 40.0 Å². The first-order valence-electron chi connectivity index (χ1n) is 13.7. The highest BCUT2D eigenvalue weighted by atomic mass is 16.5. The minimum absolute atomic E-state index is 0.105. The van der Waals surface area contributed by atoms with Gasteiger partial charge in [-0.3, -0.25) is 0 Å². The van der Waals surface area contributed by atoms with Crippen LogP contribution in [0.5, 0.6) is 28.7 Å². The van der Waals surface area contributed by atoms with Crippen molar-refractivity contribution >= 4 is 5.97 Å². The van der Waals surface area contributed by atoms with E-state index in [1.54, 1.807) is 36.8 Å². The minimum atomic E-state index is -1.04. The van der Waals surface area contributed by atoms with Gasteiger partial charge in [0.05, 0.1) is 31.4 Å². The zero-order valence-corrected chi connectivity index (χ0v) is 23.6. The normalized spacial score (nSPS) is 10.4. The molecule has 0 saturated carbocycles. The Morgan fingerprint density at radius 2 is 1.62 bits per heavy atom. The number of aromatic amines is 1. The molecule has 0 aliphatic rings. The molecule has 212 valence electrons. The molecule has 8 heteroatoms. The maximum Gasteiger partial charge on any atom is 0.339 e. The standard InChI is InChI=1S/C30H32N2O6.C2H6/c1-3-9-21-26(12-7-13-27(21)38-28-11-6-5-10-22(28)30(34)35)36-14-8-15-37-29-17-25(33)23(16-20(29)4-2)24-18-31-19-32-24;1-2/h5-7,10-13,16-19,33H,3-4,8-9,14-15H2,1-2H3,(H,31,32)(H,34,35);1-2H3. The maximum absolute atomic E-state index is 11.6. The number of benzene rings is 3. The van der Waals surface area contributed by atoms with Crippen LogP contribution in [0.1, 0.15) is 62.0 Å². The molecule has 4 aromatic rings. The van der Waals surface area contributed by atoms with Crippen LogP contribution >= 0.6 is 0 Å². The van der Waals surface area contributed by atoms with Crippen LogP contribution in [-0.2, 0) is 12.8 Å². The Balaban J connectivity index is 0.00000216. The van der Waals surface area contributed by atoms with Crippen molar-refractivity contribution in [1.82, 2.24) is 9.97 Å². The van der Waals surface area contributed by atoms with E-state index >= 15 is 0 Å². The van der Waals surface area contributed by atoms with Gasteiger partial charge in [-0.25, -0.2) is 9.78 Å². The first-order valence-corrected chi connectivity index (χ1v) is 13.7. The van der Waals surface area contributed by atoms with Gasteiger partial charge in [-0.05, 0) is 48.7 Å². The summed E-state index contributed by atoms with van der Waals surface area (Å²) >= 11 is 0. The number of aryl methyl sites for hydroxylation is 1. The molecule has 0 amide bonds. The molecule has 0 bridgehead atoms. The van der Waals surface area contributed by atoms with Crippen molar-refractivity contribution < 1.29 is 29.2 Å². The summed E-state index contributed by atoms with van der Waals surface area (Å²) in [7, 11) is 0. The van der Waals surface area contributed by atoms with Crippen LogP contribution in [0.4, 0.5) is 0 Å². The summed E-state index contributed by atoms with van der Waals surface area (Å²) in [4.78, 5) is 18.6. The number of aromatic nitrogens is 2. The monoisotopic (exact) mass is 546 g/mol. The van der Waals surface area contributed by atoms with Gasteiger partial charge in [0.2, 0.25) is 0 Å². The number of imidazole rings is 1. The number of hydrogen-bond donors (Lipinski definition) is 3. The number of aromatic hydroxyl groups is 1. The van der Waals surface area contributed by atoms with Gasteiger partial charge in [0.15, 0.2) is 0 Å². The fourth-order valence-electron chi connectivity index (χ4n) is 4.19. The van der Waals surface area contributed by atoms with Gasteiger partial charge in [-0.15, -0.1) is 0 Å². The van der Waals surface area contributed by atoms with E-state index in [1.807, 2.05) is 45.0 Å². The molecule has 0 radical (unpaired) electrons. The predicted molar refractivity (Wildman–Crippen MR) is 156 cm³/mol. The van der Waals surface area contributed by atoms with E-state index in [0.29, 0.717) is 42.4 Å². The van der Waals surface area contributed by atoms with Crippen molar-refractivity contribution in [2.75, 3.05) is 13.2 Å². The van der Waals surface area contributed by atoms with Crippen LogP contribution in [0.3, 0.4) is 0 Å². The Morgan fingerprint density at radius 3 is 2.30 bits per heavy atom. The van der Waals surface area contributed by atoms with Crippen LogP contribution in [-0.4, -0.2) is 39.4 Å². The number of carboxylic acids is 1. The van der Waals surface area contributed by atoms with Gasteiger partial charge in [-0.2, -0.15) is 0 Å². The molecule has 0 unspecified atom stereocenters. The first-order chi connectivity index (χ1) is 19.5. The summed E-state index contributed by atoms with van der Waals surface area (Å²) in [5.74, 6) is 1.30. The molecule has 3 aromatic carbocycles. The van der Waals surface area contributed by atoms with Crippen molar-refractivity contribution in [3.05, 3.63) is 83.8 Å². The summed E-state index contributed by atoms with van der Waals surface area (Å²) in [6.45, 7) is 8.95. The van der Waals surface area contributed by atoms with E-state index in [1.165, 1.54) is 6.07 Å². The molecule has 1 heterocycles. The smallest absolute Gasteiger partial charge is 0.339 e. The largest absolute Gasteiger partial charge is 0.507 e. The number of ether oxygens (including phenoxy) is 3. The Morgan fingerprint density at radius 1 is 0.925 bits per heavy atom. The second-order valence-corrected chi connectivity index (χ2v) is 8.73. The molecule has 0 atom stereocenters. The van der Waals surface area contributed by atoms with Gasteiger partial charge in [0.1, 0.15) is 34.3 Å². The van der Waals surface area contributed by atoms with Crippen molar-refractivity contribution in [2.45, 2.75) is 53.4 Å². The van der Waals surface area contributed by atoms with Crippen LogP contribution < -0.4 is 14.2 Å². The fraction of sp³-hybridized carbons (Fsp3) is 0.312. The number of carbonyl (C=O) groups is 1. The van der Waals surface area contributed by atoms with Gasteiger partial charge in [0.25, 0.3) is 0 Å². The maximum atomic E-state index is 11.6. The van der Waals surface area contributed by atoms with Gasteiger partial charge < -0.3 is 29.4 Å². The van der Waals surface area contributed by atoms with E-state index in [2.05, 4.69) is 16.9 Å². The highest BCUT2D eigenvalue weighted by Crippen LogP contribution is 2.36. The number of nitrogens with zero attached hydrogens (tertiary/aromatic N) is 1. The Bertz CT molecular complexity index is 1370. The Kier molecular flexibility index (Phi) is 11.4. The number of carboxylic acid groups (broad SMARTS) is 1. The van der Waals surface area contributed by atoms with Crippen LogP contribution in [0.15, 0.2) is 67.1 Å². The second kappa shape index (κ2) is 15.2. The highest BCUT2D eigenvalue weighted by Gasteiger charge is 2.16. The van der Waals surface area contributed by atoms with Crippen molar-refractivity contribution in [2.24, 2.45) is 0 Å². The van der Waals surface area contributed by atoms with Crippen LogP contribution in [0, 0.1) is 0 Å². The number of nitrogens with one attached hydrogen (secondary N) is 1. The zero-order valence-electron chi connectivity index (χ0n) is 23.6. The van der Waals surface area contributed by atoms with Gasteiger partial charge in [-0.1, -0.05) is 52.3 Å². The summed E-state index contributed by atoms with van der Waals surface area (Å²) < 4.78 is 18.1.